The summed E-state index contributed by atoms with van der Waals surface area (Å²) >= 11 is 0. The van der Waals surface area contributed by atoms with Crippen LogP contribution >= 0.6 is 0 Å². The zero-order valence-electron chi connectivity index (χ0n) is 13.9. The van der Waals surface area contributed by atoms with Crippen LogP contribution in [-0.2, 0) is 9.47 Å². The molecule has 0 radical (unpaired) electrons. The highest BCUT2D eigenvalue weighted by atomic mass is 16.5. The van der Waals surface area contributed by atoms with Crippen LogP contribution in [0.3, 0.4) is 0 Å². The monoisotopic (exact) mass is 289 g/mol. The van der Waals surface area contributed by atoms with Gasteiger partial charge in [0.05, 0.1) is 12.7 Å². The van der Waals surface area contributed by atoms with Crippen LogP contribution in [0.2, 0.25) is 0 Å². The number of hydrogen-bond donors (Lipinski definition) is 2. The van der Waals surface area contributed by atoms with Crippen LogP contribution in [0.15, 0.2) is 0 Å². The van der Waals surface area contributed by atoms with Gasteiger partial charge in [0.1, 0.15) is 0 Å². The molecule has 0 saturated carbocycles. The van der Waals surface area contributed by atoms with Gasteiger partial charge < -0.3 is 19.9 Å². The molecular weight excluding hydrogens is 254 g/mol. The van der Waals surface area contributed by atoms with Crippen molar-refractivity contribution in [2.24, 2.45) is 5.41 Å². The van der Waals surface area contributed by atoms with Crippen molar-refractivity contribution in [3.63, 3.8) is 0 Å². The van der Waals surface area contributed by atoms with Crippen molar-refractivity contribution in [3.05, 3.63) is 0 Å². The lowest BCUT2D eigenvalue weighted by Gasteiger charge is -2.25. The van der Waals surface area contributed by atoms with E-state index in [-0.39, 0.29) is 5.41 Å². The number of ether oxygens (including phenoxy) is 2. The summed E-state index contributed by atoms with van der Waals surface area (Å²) in [5.41, 5.74) is 0.191. The fourth-order valence-electron chi connectivity index (χ4n) is 1.95. The maximum Gasteiger partial charge on any atom is 0.0897 e. The number of aliphatic hydroxyl groups is 1. The number of aliphatic hydroxyl groups excluding tert-OH is 1. The second kappa shape index (κ2) is 12.6. The molecule has 0 aromatic rings. The lowest BCUT2D eigenvalue weighted by molar-refractivity contribution is 0.0339. The smallest absolute Gasteiger partial charge is 0.0897 e. The third-order valence-corrected chi connectivity index (χ3v) is 3.42. The van der Waals surface area contributed by atoms with Crippen molar-refractivity contribution in [1.82, 2.24) is 5.32 Å². The van der Waals surface area contributed by atoms with Crippen LogP contribution in [0.25, 0.3) is 0 Å². The molecule has 0 heterocycles. The minimum absolute atomic E-state index is 0.191. The Hall–Kier alpha value is -0.160. The first-order valence-electron chi connectivity index (χ1n) is 7.97. The van der Waals surface area contributed by atoms with Crippen molar-refractivity contribution in [1.29, 1.82) is 0 Å². The molecule has 0 aliphatic carbocycles. The summed E-state index contributed by atoms with van der Waals surface area (Å²) in [6.45, 7) is 10.0. The quantitative estimate of drug-likeness (QED) is 0.483. The van der Waals surface area contributed by atoms with E-state index in [0.29, 0.717) is 13.2 Å². The fourth-order valence-corrected chi connectivity index (χ4v) is 1.95. The second-order valence-corrected chi connectivity index (χ2v) is 6.33. The number of nitrogens with one attached hydrogen (secondary N) is 1. The summed E-state index contributed by atoms with van der Waals surface area (Å²) in [5, 5.41) is 13.1. The average molecular weight is 289 g/mol. The highest BCUT2D eigenvalue weighted by molar-refractivity contribution is 4.72. The zero-order chi connectivity index (χ0) is 15.3. The molecule has 4 heteroatoms. The largest absolute Gasteiger partial charge is 0.389 e. The van der Waals surface area contributed by atoms with Crippen LogP contribution in [-0.4, -0.2) is 51.2 Å². The Kier molecular flexibility index (Phi) is 12.5. The summed E-state index contributed by atoms with van der Waals surface area (Å²) in [6.07, 6.45) is 5.42. The minimum Gasteiger partial charge on any atom is -0.389 e. The Labute approximate surface area is 125 Å². The molecule has 0 amide bonds. The van der Waals surface area contributed by atoms with E-state index in [2.05, 4.69) is 26.1 Å². The highest BCUT2D eigenvalue weighted by Gasteiger charge is 2.17. The van der Waals surface area contributed by atoms with Gasteiger partial charge in [-0.15, -0.1) is 0 Å². The van der Waals surface area contributed by atoms with Crippen LogP contribution in [0.1, 0.15) is 52.9 Å². The fraction of sp³-hybridized carbons (Fsp3) is 1.00. The number of hydrogen-bond acceptors (Lipinski definition) is 4. The molecule has 0 aliphatic rings. The van der Waals surface area contributed by atoms with E-state index >= 15 is 0 Å². The molecular formula is C16H35NO3. The SMILES string of the molecule is CCCCCCOCC(O)CNCC(C)(C)CCOC. The van der Waals surface area contributed by atoms with Gasteiger partial charge in [-0.2, -0.15) is 0 Å². The van der Waals surface area contributed by atoms with Gasteiger partial charge in [-0.25, -0.2) is 0 Å². The van der Waals surface area contributed by atoms with Gasteiger partial charge in [0.25, 0.3) is 0 Å². The summed E-state index contributed by atoms with van der Waals surface area (Å²) < 4.78 is 10.6. The normalized spacial score (nSPS) is 13.7. The molecule has 4 nitrogen and oxygen atoms in total. The molecule has 1 atom stereocenters. The predicted octanol–water partition coefficient (Wildman–Crippen LogP) is 2.60. The van der Waals surface area contributed by atoms with Crippen LogP contribution in [0.4, 0.5) is 0 Å². The van der Waals surface area contributed by atoms with Crippen molar-refractivity contribution in [2.75, 3.05) is 40.0 Å². The zero-order valence-corrected chi connectivity index (χ0v) is 13.9. The molecule has 0 spiro atoms. The van der Waals surface area contributed by atoms with Gasteiger partial charge in [-0.05, 0) is 18.3 Å². The van der Waals surface area contributed by atoms with Crippen LogP contribution in [0.5, 0.6) is 0 Å². The van der Waals surface area contributed by atoms with Crippen LogP contribution in [0, 0.1) is 5.41 Å². The molecule has 20 heavy (non-hydrogen) atoms. The van der Waals surface area contributed by atoms with Gasteiger partial charge in [-0.3, -0.25) is 0 Å². The summed E-state index contributed by atoms with van der Waals surface area (Å²) in [4.78, 5) is 0. The third-order valence-electron chi connectivity index (χ3n) is 3.42. The summed E-state index contributed by atoms with van der Waals surface area (Å²) in [6, 6.07) is 0. The highest BCUT2D eigenvalue weighted by Crippen LogP contribution is 2.18. The molecule has 0 fully saturated rings. The van der Waals surface area contributed by atoms with Crippen molar-refractivity contribution >= 4 is 0 Å². The summed E-state index contributed by atoms with van der Waals surface area (Å²) in [5.74, 6) is 0. The van der Waals surface area contributed by atoms with Gasteiger partial charge >= 0.3 is 0 Å². The van der Waals surface area contributed by atoms with Gasteiger partial charge in [0.2, 0.25) is 0 Å². The lowest BCUT2D eigenvalue weighted by atomic mass is 9.90. The summed E-state index contributed by atoms with van der Waals surface area (Å²) in [7, 11) is 1.73. The van der Waals surface area contributed by atoms with E-state index in [4.69, 9.17) is 9.47 Å². The van der Waals surface area contributed by atoms with E-state index in [1.54, 1.807) is 7.11 Å². The molecule has 0 saturated heterocycles. The van der Waals surface area contributed by atoms with E-state index in [9.17, 15) is 5.11 Å². The van der Waals surface area contributed by atoms with Crippen molar-refractivity contribution in [3.8, 4) is 0 Å². The third kappa shape index (κ3) is 12.9. The molecule has 1 unspecified atom stereocenters. The van der Waals surface area contributed by atoms with Crippen molar-refractivity contribution < 1.29 is 14.6 Å². The molecule has 0 rings (SSSR count). The predicted molar refractivity (Wildman–Crippen MR) is 84.1 cm³/mol. The van der Waals surface area contributed by atoms with E-state index in [1.165, 1.54) is 19.3 Å². The first-order valence-corrected chi connectivity index (χ1v) is 7.97. The topological polar surface area (TPSA) is 50.7 Å². The minimum atomic E-state index is -0.417. The van der Waals surface area contributed by atoms with Gasteiger partial charge in [0, 0.05) is 33.4 Å². The Morgan fingerprint density at radius 1 is 1.15 bits per heavy atom. The maximum absolute atomic E-state index is 9.81. The Bertz CT molecular complexity index is 210. The van der Waals surface area contributed by atoms with E-state index in [1.807, 2.05) is 0 Å². The number of methoxy groups -OCH3 is 1. The van der Waals surface area contributed by atoms with E-state index in [0.717, 1.165) is 32.6 Å². The molecule has 2 N–H and O–H groups in total. The Morgan fingerprint density at radius 3 is 2.55 bits per heavy atom. The lowest BCUT2D eigenvalue weighted by Crippen LogP contribution is -2.37. The maximum atomic E-state index is 9.81. The number of rotatable bonds is 14. The van der Waals surface area contributed by atoms with Crippen molar-refractivity contribution in [2.45, 2.75) is 59.0 Å². The second-order valence-electron chi connectivity index (χ2n) is 6.33. The van der Waals surface area contributed by atoms with Gasteiger partial charge in [0.15, 0.2) is 0 Å². The van der Waals surface area contributed by atoms with Gasteiger partial charge in [-0.1, -0.05) is 40.0 Å². The molecule has 0 aliphatic heterocycles. The average Bonchev–Trinajstić information content (AvgIpc) is 2.40. The molecule has 0 aromatic carbocycles. The Balaban J connectivity index is 3.46. The standard InChI is InChI=1S/C16H35NO3/c1-5-6-7-8-10-20-13-15(18)12-17-14-16(2,3)9-11-19-4/h15,17-18H,5-14H2,1-4H3. The van der Waals surface area contributed by atoms with Crippen LogP contribution < -0.4 is 5.32 Å². The molecule has 0 bridgehead atoms. The first kappa shape index (κ1) is 19.8. The molecule has 122 valence electrons. The first-order chi connectivity index (χ1) is 9.52. The van der Waals surface area contributed by atoms with E-state index < -0.39 is 6.10 Å². The molecule has 0 aromatic heterocycles. The number of unbranched alkanes of at least 4 members (excludes halogenated alkanes) is 3. The Morgan fingerprint density at radius 2 is 1.90 bits per heavy atom.